The van der Waals surface area contributed by atoms with E-state index in [0.29, 0.717) is 0 Å². The van der Waals surface area contributed by atoms with Gasteiger partial charge in [-0.1, -0.05) is 18.2 Å². The van der Waals surface area contributed by atoms with Crippen molar-refractivity contribution in [1.29, 1.82) is 0 Å². The number of thiophene rings is 1. The van der Waals surface area contributed by atoms with Gasteiger partial charge in [0.2, 0.25) is 5.91 Å². The number of amides is 1. The zero-order chi connectivity index (χ0) is 13.6. The molecule has 0 spiro atoms. The van der Waals surface area contributed by atoms with Crippen LogP contribution in [-0.2, 0) is 17.6 Å². The lowest BCUT2D eigenvalue weighted by molar-refractivity contribution is -0.114. The van der Waals surface area contributed by atoms with Crippen LogP contribution in [0.2, 0.25) is 0 Å². The summed E-state index contributed by atoms with van der Waals surface area (Å²) in [6.07, 6.45) is 2.18. The number of hydrogen-bond donors (Lipinski definition) is 1. The Morgan fingerprint density at radius 1 is 1.26 bits per heavy atom. The molecule has 0 radical (unpaired) electrons. The van der Waals surface area contributed by atoms with Gasteiger partial charge in [-0.15, -0.1) is 11.3 Å². The highest BCUT2D eigenvalue weighted by molar-refractivity contribution is 7.20. The Morgan fingerprint density at radius 2 is 2.05 bits per heavy atom. The fourth-order valence-corrected chi connectivity index (χ4v) is 4.30. The van der Waals surface area contributed by atoms with Crippen LogP contribution in [0.3, 0.4) is 0 Å². The van der Waals surface area contributed by atoms with Crippen LogP contribution < -0.4 is 5.32 Å². The van der Waals surface area contributed by atoms with Crippen molar-refractivity contribution in [2.45, 2.75) is 33.6 Å². The molecule has 0 unspecified atom stereocenters. The third-order valence-electron chi connectivity index (χ3n) is 3.79. The maximum absolute atomic E-state index is 11.3. The van der Waals surface area contributed by atoms with Gasteiger partial charge >= 0.3 is 0 Å². The monoisotopic (exact) mass is 271 g/mol. The number of aryl methyl sites for hydroxylation is 2. The fraction of sp³-hybridized carbons (Fsp3) is 0.312. The Kier molecular flexibility index (Phi) is 2.94. The Morgan fingerprint density at radius 3 is 2.79 bits per heavy atom. The van der Waals surface area contributed by atoms with E-state index < -0.39 is 0 Å². The summed E-state index contributed by atoms with van der Waals surface area (Å²) in [5.41, 5.74) is 6.80. The van der Waals surface area contributed by atoms with E-state index in [1.807, 2.05) is 0 Å². The van der Waals surface area contributed by atoms with Crippen LogP contribution in [0, 0.1) is 13.8 Å². The van der Waals surface area contributed by atoms with Crippen molar-refractivity contribution in [1.82, 2.24) is 0 Å². The van der Waals surface area contributed by atoms with Gasteiger partial charge in [0.15, 0.2) is 0 Å². The van der Waals surface area contributed by atoms with E-state index in [1.54, 1.807) is 18.3 Å². The second-order valence-electron chi connectivity index (χ2n) is 5.15. The van der Waals surface area contributed by atoms with Crippen LogP contribution >= 0.6 is 11.3 Å². The van der Waals surface area contributed by atoms with Gasteiger partial charge in [0.25, 0.3) is 0 Å². The molecule has 1 heterocycles. The molecule has 2 aromatic rings. The number of rotatable bonds is 1. The molecule has 2 nitrogen and oxygen atoms in total. The van der Waals surface area contributed by atoms with Crippen LogP contribution in [0.4, 0.5) is 5.00 Å². The Balaban J connectivity index is 2.19. The molecule has 1 N–H and O–H groups in total. The standard InChI is InChI=1S/C16H17NOS/c1-9-5-4-6-12-7-8-13-10(2)16(17-11(3)18)19-15(13)14(9)12/h4-6H,7-8H2,1-3H3,(H,17,18). The van der Waals surface area contributed by atoms with Crippen molar-refractivity contribution in [2.24, 2.45) is 0 Å². The molecule has 1 aliphatic rings. The predicted molar refractivity (Wildman–Crippen MR) is 80.9 cm³/mol. The molecule has 0 bridgehead atoms. The van der Waals surface area contributed by atoms with Gasteiger partial charge in [0.1, 0.15) is 0 Å². The van der Waals surface area contributed by atoms with E-state index in [9.17, 15) is 4.79 Å². The van der Waals surface area contributed by atoms with Gasteiger partial charge < -0.3 is 5.32 Å². The maximum atomic E-state index is 11.3. The van der Waals surface area contributed by atoms with E-state index in [2.05, 4.69) is 37.4 Å². The first-order valence-corrected chi connectivity index (χ1v) is 7.38. The van der Waals surface area contributed by atoms with Gasteiger partial charge in [-0.05, 0) is 54.5 Å². The molecule has 3 heteroatoms. The minimum Gasteiger partial charge on any atom is -0.318 e. The minimum atomic E-state index is 0.00621. The molecular weight excluding hydrogens is 254 g/mol. The lowest BCUT2D eigenvalue weighted by Crippen LogP contribution is -2.06. The largest absolute Gasteiger partial charge is 0.318 e. The molecule has 98 valence electrons. The normalized spacial score (nSPS) is 12.8. The molecule has 1 aromatic heterocycles. The topological polar surface area (TPSA) is 29.1 Å². The van der Waals surface area contributed by atoms with Crippen molar-refractivity contribution in [3.05, 3.63) is 40.5 Å². The molecule has 1 amide bonds. The summed E-state index contributed by atoms with van der Waals surface area (Å²) < 4.78 is 0. The summed E-state index contributed by atoms with van der Waals surface area (Å²) in [5, 5.41) is 3.97. The Bertz CT molecular complexity index is 670. The van der Waals surface area contributed by atoms with Gasteiger partial charge in [0.05, 0.1) is 5.00 Å². The average Bonchev–Trinajstić information content (AvgIpc) is 2.66. The van der Waals surface area contributed by atoms with Crippen molar-refractivity contribution in [2.75, 3.05) is 5.32 Å². The van der Waals surface area contributed by atoms with Crippen LogP contribution in [0.5, 0.6) is 0 Å². The summed E-state index contributed by atoms with van der Waals surface area (Å²) in [6.45, 7) is 5.85. The zero-order valence-electron chi connectivity index (χ0n) is 11.5. The summed E-state index contributed by atoms with van der Waals surface area (Å²) in [4.78, 5) is 12.6. The molecule has 0 saturated carbocycles. The summed E-state index contributed by atoms with van der Waals surface area (Å²) >= 11 is 1.72. The number of anilines is 1. The zero-order valence-corrected chi connectivity index (χ0v) is 12.3. The number of fused-ring (bicyclic) bond motifs is 3. The molecule has 19 heavy (non-hydrogen) atoms. The Labute approximate surface area is 117 Å². The number of hydrogen-bond acceptors (Lipinski definition) is 2. The summed E-state index contributed by atoms with van der Waals surface area (Å²) in [7, 11) is 0. The maximum Gasteiger partial charge on any atom is 0.221 e. The van der Waals surface area contributed by atoms with Crippen molar-refractivity contribution in [3.8, 4) is 10.4 Å². The van der Waals surface area contributed by atoms with Gasteiger partial charge in [-0.25, -0.2) is 0 Å². The van der Waals surface area contributed by atoms with E-state index >= 15 is 0 Å². The number of carbonyl (C=O) groups excluding carboxylic acids is 1. The third-order valence-corrected chi connectivity index (χ3v) is 5.06. The van der Waals surface area contributed by atoms with Gasteiger partial charge in [-0.2, -0.15) is 0 Å². The SMILES string of the molecule is CC(=O)Nc1sc2c(c1C)CCc1cccc(C)c1-2. The summed E-state index contributed by atoms with van der Waals surface area (Å²) in [6, 6.07) is 6.52. The predicted octanol–water partition coefficient (Wildman–Crippen LogP) is 4.09. The second kappa shape index (κ2) is 4.49. The van der Waals surface area contributed by atoms with Crippen molar-refractivity contribution in [3.63, 3.8) is 0 Å². The average molecular weight is 271 g/mol. The van der Waals surface area contributed by atoms with Crippen molar-refractivity contribution >= 4 is 22.2 Å². The first-order chi connectivity index (χ1) is 9.08. The lowest BCUT2D eigenvalue weighted by Gasteiger charge is -2.18. The van der Waals surface area contributed by atoms with Crippen LogP contribution in [0.1, 0.15) is 29.2 Å². The molecular formula is C16H17NOS. The van der Waals surface area contributed by atoms with Crippen molar-refractivity contribution < 1.29 is 4.79 Å². The minimum absolute atomic E-state index is 0.00621. The molecule has 1 aliphatic carbocycles. The quantitative estimate of drug-likeness (QED) is 0.831. The van der Waals surface area contributed by atoms with Gasteiger partial charge in [0, 0.05) is 11.8 Å². The van der Waals surface area contributed by atoms with E-state index in [4.69, 9.17) is 0 Å². The molecule has 3 rings (SSSR count). The number of carbonyl (C=O) groups is 1. The third kappa shape index (κ3) is 1.98. The highest BCUT2D eigenvalue weighted by atomic mass is 32.1. The first kappa shape index (κ1) is 12.4. The van der Waals surface area contributed by atoms with E-state index in [-0.39, 0.29) is 5.91 Å². The van der Waals surface area contributed by atoms with Crippen LogP contribution in [0.25, 0.3) is 10.4 Å². The molecule has 1 aromatic carbocycles. The Hall–Kier alpha value is -1.61. The smallest absolute Gasteiger partial charge is 0.221 e. The molecule has 0 atom stereocenters. The second-order valence-corrected chi connectivity index (χ2v) is 6.17. The molecule has 0 saturated heterocycles. The fourth-order valence-electron chi connectivity index (χ4n) is 2.85. The highest BCUT2D eigenvalue weighted by Gasteiger charge is 2.23. The molecule has 0 aliphatic heterocycles. The number of nitrogens with one attached hydrogen (secondary N) is 1. The van der Waals surface area contributed by atoms with Gasteiger partial charge in [-0.3, -0.25) is 4.79 Å². The first-order valence-electron chi connectivity index (χ1n) is 6.56. The number of benzene rings is 1. The highest BCUT2D eigenvalue weighted by Crippen LogP contribution is 2.45. The summed E-state index contributed by atoms with van der Waals surface area (Å²) in [5.74, 6) is 0.00621. The lowest BCUT2D eigenvalue weighted by atomic mass is 9.87. The van der Waals surface area contributed by atoms with Crippen LogP contribution in [0.15, 0.2) is 18.2 Å². The van der Waals surface area contributed by atoms with E-state index in [0.717, 1.165) is 17.8 Å². The van der Waals surface area contributed by atoms with E-state index in [1.165, 1.54) is 32.7 Å². The van der Waals surface area contributed by atoms with Crippen LogP contribution in [-0.4, -0.2) is 5.91 Å². The molecule has 0 fully saturated rings.